The lowest BCUT2D eigenvalue weighted by molar-refractivity contribution is 0.164. The summed E-state index contributed by atoms with van der Waals surface area (Å²) >= 11 is 0. The molecular formula is C17H25N3. The monoisotopic (exact) mass is 271 g/mol. The van der Waals surface area contributed by atoms with Crippen LogP contribution in [0.25, 0.3) is 0 Å². The van der Waals surface area contributed by atoms with Crippen LogP contribution in [-0.4, -0.2) is 30.6 Å². The van der Waals surface area contributed by atoms with Crippen LogP contribution in [0.4, 0.5) is 0 Å². The molecule has 3 nitrogen and oxygen atoms in total. The topological polar surface area (TPSA) is 39.1 Å². The Morgan fingerprint density at radius 1 is 1.45 bits per heavy atom. The van der Waals surface area contributed by atoms with Gasteiger partial charge in [0.15, 0.2) is 0 Å². The van der Waals surface area contributed by atoms with Crippen LogP contribution >= 0.6 is 0 Å². The second-order valence-corrected chi connectivity index (χ2v) is 6.12. The molecular weight excluding hydrogens is 246 g/mol. The van der Waals surface area contributed by atoms with Crippen molar-refractivity contribution in [1.29, 1.82) is 5.26 Å². The zero-order chi connectivity index (χ0) is 14.4. The highest BCUT2D eigenvalue weighted by Gasteiger charge is 2.19. The predicted octanol–water partition coefficient (Wildman–Crippen LogP) is 2.77. The van der Waals surface area contributed by atoms with E-state index < -0.39 is 0 Å². The number of hydrogen-bond donors (Lipinski definition) is 1. The van der Waals surface area contributed by atoms with Crippen molar-refractivity contribution in [3.05, 3.63) is 35.4 Å². The molecule has 108 valence electrons. The summed E-state index contributed by atoms with van der Waals surface area (Å²) in [6, 6.07) is 10.8. The summed E-state index contributed by atoms with van der Waals surface area (Å²) in [5.41, 5.74) is 2.01. The van der Waals surface area contributed by atoms with E-state index in [1.54, 1.807) is 0 Å². The van der Waals surface area contributed by atoms with Crippen LogP contribution in [0, 0.1) is 17.2 Å². The van der Waals surface area contributed by atoms with Crippen LogP contribution in [0.1, 0.15) is 37.8 Å². The third-order valence-corrected chi connectivity index (χ3v) is 3.88. The van der Waals surface area contributed by atoms with E-state index in [1.807, 2.05) is 18.2 Å². The average molecular weight is 271 g/mol. The highest BCUT2D eigenvalue weighted by atomic mass is 15.1. The van der Waals surface area contributed by atoms with Gasteiger partial charge in [-0.3, -0.25) is 4.90 Å². The quantitative estimate of drug-likeness (QED) is 0.895. The Balaban J connectivity index is 1.87. The molecule has 1 heterocycles. The standard InChI is InChI=1S/C17H25N3/c1-14(2)19-11-17-7-4-8-20(13-17)12-16-6-3-5-15(9-16)10-18/h3,5-6,9,14,17,19H,4,7-8,11-13H2,1-2H3. The number of likely N-dealkylation sites (tertiary alicyclic amines) is 1. The van der Waals surface area contributed by atoms with Gasteiger partial charge in [0, 0.05) is 19.1 Å². The Hall–Kier alpha value is -1.37. The fourth-order valence-corrected chi connectivity index (χ4v) is 2.86. The second kappa shape index (κ2) is 7.42. The van der Waals surface area contributed by atoms with Gasteiger partial charge in [0.1, 0.15) is 0 Å². The van der Waals surface area contributed by atoms with E-state index in [0.717, 1.165) is 31.1 Å². The van der Waals surface area contributed by atoms with Gasteiger partial charge in [-0.1, -0.05) is 26.0 Å². The maximum Gasteiger partial charge on any atom is 0.0991 e. The minimum atomic E-state index is 0.567. The predicted molar refractivity (Wildman–Crippen MR) is 82.3 cm³/mol. The van der Waals surface area contributed by atoms with Crippen molar-refractivity contribution in [1.82, 2.24) is 10.2 Å². The Kier molecular flexibility index (Phi) is 5.58. The summed E-state index contributed by atoms with van der Waals surface area (Å²) in [5.74, 6) is 0.755. The smallest absolute Gasteiger partial charge is 0.0991 e. The highest BCUT2D eigenvalue weighted by Crippen LogP contribution is 2.18. The first-order chi connectivity index (χ1) is 9.67. The maximum absolute atomic E-state index is 8.96. The van der Waals surface area contributed by atoms with Crippen molar-refractivity contribution in [2.24, 2.45) is 5.92 Å². The first kappa shape index (κ1) is 15.0. The van der Waals surface area contributed by atoms with Crippen molar-refractivity contribution in [2.45, 2.75) is 39.3 Å². The summed E-state index contributed by atoms with van der Waals surface area (Å²) in [6.45, 7) is 8.83. The molecule has 1 aromatic rings. The molecule has 1 unspecified atom stereocenters. The number of piperidine rings is 1. The van der Waals surface area contributed by atoms with E-state index in [1.165, 1.54) is 24.9 Å². The summed E-state index contributed by atoms with van der Waals surface area (Å²) in [7, 11) is 0. The number of nitriles is 1. The van der Waals surface area contributed by atoms with E-state index in [9.17, 15) is 0 Å². The van der Waals surface area contributed by atoms with Gasteiger partial charge < -0.3 is 5.32 Å². The van der Waals surface area contributed by atoms with E-state index >= 15 is 0 Å². The van der Waals surface area contributed by atoms with Gasteiger partial charge in [0.05, 0.1) is 11.6 Å². The van der Waals surface area contributed by atoms with Gasteiger partial charge in [0.2, 0.25) is 0 Å². The molecule has 1 aliphatic rings. The highest BCUT2D eigenvalue weighted by molar-refractivity contribution is 5.32. The molecule has 1 N–H and O–H groups in total. The summed E-state index contributed by atoms with van der Waals surface area (Å²) in [6.07, 6.45) is 2.61. The molecule has 0 saturated carbocycles. The number of benzene rings is 1. The van der Waals surface area contributed by atoms with Crippen molar-refractivity contribution in [3.8, 4) is 6.07 Å². The normalized spacial score (nSPS) is 20.0. The molecule has 1 atom stereocenters. The molecule has 0 aromatic heterocycles. The number of nitrogens with one attached hydrogen (secondary N) is 1. The zero-order valence-electron chi connectivity index (χ0n) is 12.6. The molecule has 0 bridgehead atoms. The van der Waals surface area contributed by atoms with Crippen LogP contribution in [-0.2, 0) is 6.54 Å². The van der Waals surface area contributed by atoms with Crippen LogP contribution < -0.4 is 5.32 Å². The van der Waals surface area contributed by atoms with Crippen molar-refractivity contribution < 1.29 is 0 Å². The summed E-state index contributed by atoms with van der Waals surface area (Å²) < 4.78 is 0. The molecule has 3 heteroatoms. The largest absolute Gasteiger partial charge is 0.314 e. The lowest BCUT2D eigenvalue weighted by atomic mass is 9.97. The SMILES string of the molecule is CC(C)NCC1CCCN(Cc2cccc(C#N)c2)C1. The number of rotatable bonds is 5. The van der Waals surface area contributed by atoms with Crippen molar-refractivity contribution in [3.63, 3.8) is 0 Å². The molecule has 0 aliphatic carbocycles. The van der Waals surface area contributed by atoms with Crippen LogP contribution in [0.5, 0.6) is 0 Å². The van der Waals surface area contributed by atoms with Crippen molar-refractivity contribution >= 4 is 0 Å². The fraction of sp³-hybridized carbons (Fsp3) is 0.588. The molecule has 1 aromatic carbocycles. The van der Waals surface area contributed by atoms with E-state index in [4.69, 9.17) is 5.26 Å². The third kappa shape index (κ3) is 4.63. The zero-order valence-corrected chi connectivity index (χ0v) is 12.6. The van der Waals surface area contributed by atoms with Crippen LogP contribution in [0.15, 0.2) is 24.3 Å². The van der Waals surface area contributed by atoms with Gasteiger partial charge in [-0.25, -0.2) is 0 Å². The van der Waals surface area contributed by atoms with Gasteiger partial charge in [-0.15, -0.1) is 0 Å². The van der Waals surface area contributed by atoms with Gasteiger partial charge in [0.25, 0.3) is 0 Å². The maximum atomic E-state index is 8.96. The second-order valence-electron chi connectivity index (χ2n) is 6.12. The van der Waals surface area contributed by atoms with Gasteiger partial charge in [-0.05, 0) is 49.5 Å². The van der Waals surface area contributed by atoms with E-state index in [0.29, 0.717) is 6.04 Å². The Bertz CT molecular complexity index is 462. The molecule has 0 radical (unpaired) electrons. The Labute approximate surface area is 122 Å². The van der Waals surface area contributed by atoms with Crippen molar-refractivity contribution in [2.75, 3.05) is 19.6 Å². The molecule has 0 spiro atoms. The average Bonchev–Trinajstić information content (AvgIpc) is 2.46. The minimum Gasteiger partial charge on any atom is -0.314 e. The molecule has 20 heavy (non-hydrogen) atoms. The Morgan fingerprint density at radius 3 is 3.05 bits per heavy atom. The lowest BCUT2D eigenvalue weighted by Gasteiger charge is -2.33. The van der Waals surface area contributed by atoms with E-state index in [2.05, 4.69) is 36.2 Å². The number of hydrogen-bond acceptors (Lipinski definition) is 3. The fourth-order valence-electron chi connectivity index (χ4n) is 2.86. The molecule has 1 fully saturated rings. The van der Waals surface area contributed by atoms with Crippen LogP contribution in [0.3, 0.4) is 0 Å². The van der Waals surface area contributed by atoms with E-state index in [-0.39, 0.29) is 0 Å². The molecule has 1 aliphatic heterocycles. The molecule has 2 rings (SSSR count). The minimum absolute atomic E-state index is 0.567. The Morgan fingerprint density at radius 2 is 2.30 bits per heavy atom. The van der Waals surface area contributed by atoms with Gasteiger partial charge >= 0.3 is 0 Å². The number of nitrogens with zero attached hydrogens (tertiary/aromatic N) is 2. The molecule has 1 saturated heterocycles. The molecule has 0 amide bonds. The van der Waals surface area contributed by atoms with Crippen LogP contribution in [0.2, 0.25) is 0 Å². The van der Waals surface area contributed by atoms with Gasteiger partial charge in [-0.2, -0.15) is 5.26 Å². The first-order valence-corrected chi connectivity index (χ1v) is 7.62. The third-order valence-electron chi connectivity index (χ3n) is 3.88. The summed E-state index contributed by atoms with van der Waals surface area (Å²) in [5, 5.41) is 12.5. The lowest BCUT2D eigenvalue weighted by Crippen LogP contribution is -2.40. The summed E-state index contributed by atoms with van der Waals surface area (Å²) in [4.78, 5) is 2.52. The first-order valence-electron chi connectivity index (χ1n) is 7.62.